The standard InChI is InChI=1S/C10H19N3S/c1-10(2,3)14-7-8(11)9-12-5-6-13(9)4/h5-6,8H,7,11H2,1-4H3. The highest BCUT2D eigenvalue weighted by molar-refractivity contribution is 8.00. The van der Waals surface area contributed by atoms with E-state index in [-0.39, 0.29) is 10.8 Å². The van der Waals surface area contributed by atoms with Crippen LogP contribution in [0.25, 0.3) is 0 Å². The van der Waals surface area contributed by atoms with Crippen molar-refractivity contribution in [2.45, 2.75) is 31.6 Å². The van der Waals surface area contributed by atoms with E-state index in [1.165, 1.54) is 0 Å². The molecule has 0 bridgehead atoms. The molecule has 1 aromatic rings. The summed E-state index contributed by atoms with van der Waals surface area (Å²) in [7, 11) is 1.98. The van der Waals surface area contributed by atoms with Crippen molar-refractivity contribution in [3.05, 3.63) is 18.2 Å². The molecule has 2 N–H and O–H groups in total. The van der Waals surface area contributed by atoms with Crippen LogP contribution in [0.15, 0.2) is 12.4 Å². The third kappa shape index (κ3) is 3.35. The number of rotatable bonds is 3. The summed E-state index contributed by atoms with van der Waals surface area (Å²) >= 11 is 1.87. The zero-order valence-electron chi connectivity index (χ0n) is 9.32. The van der Waals surface area contributed by atoms with E-state index in [4.69, 9.17) is 5.73 Å². The maximum absolute atomic E-state index is 6.04. The molecule has 1 rings (SSSR count). The van der Waals surface area contributed by atoms with Crippen LogP contribution < -0.4 is 5.73 Å². The van der Waals surface area contributed by atoms with Crippen molar-refractivity contribution < 1.29 is 0 Å². The Morgan fingerprint density at radius 2 is 2.21 bits per heavy atom. The maximum Gasteiger partial charge on any atom is 0.126 e. The first kappa shape index (κ1) is 11.6. The Morgan fingerprint density at radius 1 is 1.57 bits per heavy atom. The highest BCUT2D eigenvalue weighted by atomic mass is 32.2. The van der Waals surface area contributed by atoms with Crippen molar-refractivity contribution in [3.8, 4) is 0 Å². The molecule has 0 amide bonds. The first-order valence-electron chi connectivity index (χ1n) is 4.77. The number of hydrogen-bond acceptors (Lipinski definition) is 3. The molecule has 3 nitrogen and oxygen atoms in total. The quantitative estimate of drug-likeness (QED) is 0.834. The van der Waals surface area contributed by atoms with Gasteiger partial charge in [-0.1, -0.05) is 20.8 Å². The third-order valence-electron chi connectivity index (χ3n) is 1.89. The van der Waals surface area contributed by atoms with Crippen molar-refractivity contribution >= 4 is 11.8 Å². The Kier molecular flexibility index (Phi) is 3.61. The topological polar surface area (TPSA) is 43.8 Å². The molecule has 4 heteroatoms. The molecule has 0 aliphatic carbocycles. The first-order valence-corrected chi connectivity index (χ1v) is 5.75. The molecule has 0 radical (unpaired) electrons. The van der Waals surface area contributed by atoms with Crippen molar-refractivity contribution in [2.24, 2.45) is 12.8 Å². The second kappa shape index (κ2) is 4.36. The summed E-state index contributed by atoms with van der Waals surface area (Å²) in [6.07, 6.45) is 3.72. The van der Waals surface area contributed by atoms with Crippen molar-refractivity contribution in [2.75, 3.05) is 5.75 Å². The molecule has 0 aliphatic heterocycles. The van der Waals surface area contributed by atoms with Gasteiger partial charge in [0.2, 0.25) is 0 Å². The molecule has 1 unspecified atom stereocenters. The number of nitrogens with two attached hydrogens (primary N) is 1. The fourth-order valence-electron chi connectivity index (χ4n) is 1.15. The summed E-state index contributed by atoms with van der Waals surface area (Å²) < 4.78 is 2.25. The minimum atomic E-state index is 0.0271. The van der Waals surface area contributed by atoms with Crippen LogP contribution in [0.1, 0.15) is 32.6 Å². The van der Waals surface area contributed by atoms with Gasteiger partial charge in [-0.25, -0.2) is 4.98 Å². The highest BCUT2D eigenvalue weighted by Crippen LogP contribution is 2.26. The highest BCUT2D eigenvalue weighted by Gasteiger charge is 2.16. The number of aryl methyl sites for hydroxylation is 1. The Bertz CT molecular complexity index is 288. The van der Waals surface area contributed by atoms with Crippen LogP contribution in [0, 0.1) is 0 Å². The zero-order chi connectivity index (χ0) is 10.8. The average molecular weight is 213 g/mol. The van der Waals surface area contributed by atoms with Crippen LogP contribution in [-0.4, -0.2) is 20.1 Å². The number of aromatic nitrogens is 2. The van der Waals surface area contributed by atoms with E-state index in [1.807, 2.05) is 29.6 Å². The van der Waals surface area contributed by atoms with E-state index in [2.05, 4.69) is 25.8 Å². The van der Waals surface area contributed by atoms with Crippen molar-refractivity contribution in [1.82, 2.24) is 9.55 Å². The lowest BCUT2D eigenvalue weighted by atomic mass is 10.3. The van der Waals surface area contributed by atoms with Crippen molar-refractivity contribution in [3.63, 3.8) is 0 Å². The average Bonchev–Trinajstić information content (AvgIpc) is 2.46. The van der Waals surface area contributed by atoms with Gasteiger partial charge in [-0.2, -0.15) is 11.8 Å². The van der Waals surface area contributed by atoms with Crippen LogP contribution in [0.3, 0.4) is 0 Å². The van der Waals surface area contributed by atoms with Gasteiger partial charge in [-0.05, 0) is 0 Å². The summed E-state index contributed by atoms with van der Waals surface area (Å²) in [6, 6.07) is 0.0271. The molecule has 1 atom stereocenters. The largest absolute Gasteiger partial charge is 0.337 e. The van der Waals surface area contributed by atoms with Crippen LogP contribution in [-0.2, 0) is 7.05 Å². The monoisotopic (exact) mass is 213 g/mol. The van der Waals surface area contributed by atoms with Gasteiger partial charge in [0.1, 0.15) is 5.82 Å². The van der Waals surface area contributed by atoms with Crippen LogP contribution in [0.4, 0.5) is 0 Å². The Labute approximate surface area is 90.1 Å². The lowest BCUT2D eigenvalue weighted by molar-refractivity contribution is 0.688. The van der Waals surface area contributed by atoms with Gasteiger partial charge in [0.15, 0.2) is 0 Å². The Hall–Kier alpha value is -0.480. The molecule has 0 aliphatic rings. The summed E-state index contributed by atoms with van der Waals surface area (Å²) in [5.41, 5.74) is 6.04. The summed E-state index contributed by atoms with van der Waals surface area (Å²) in [5.74, 6) is 1.87. The third-order valence-corrected chi connectivity index (χ3v) is 3.28. The maximum atomic E-state index is 6.04. The van der Waals surface area contributed by atoms with E-state index in [0.29, 0.717) is 0 Å². The van der Waals surface area contributed by atoms with Gasteiger partial charge in [0, 0.05) is 29.9 Å². The lowest BCUT2D eigenvalue weighted by Gasteiger charge is -2.20. The van der Waals surface area contributed by atoms with Gasteiger partial charge < -0.3 is 10.3 Å². The summed E-state index contributed by atoms with van der Waals surface area (Å²) in [5, 5.41) is 0. The Morgan fingerprint density at radius 3 is 2.64 bits per heavy atom. The molecule has 0 saturated heterocycles. The SMILES string of the molecule is Cn1ccnc1C(N)CSC(C)(C)C. The zero-order valence-corrected chi connectivity index (χ0v) is 10.1. The molecule has 0 spiro atoms. The van der Waals surface area contributed by atoms with E-state index < -0.39 is 0 Å². The molecular formula is C10H19N3S. The molecule has 1 aromatic heterocycles. The van der Waals surface area contributed by atoms with Crippen LogP contribution in [0.2, 0.25) is 0 Å². The van der Waals surface area contributed by atoms with E-state index in [0.717, 1.165) is 11.6 Å². The minimum absolute atomic E-state index is 0.0271. The smallest absolute Gasteiger partial charge is 0.126 e. The molecule has 1 heterocycles. The second-order valence-electron chi connectivity index (χ2n) is 4.43. The lowest BCUT2D eigenvalue weighted by Crippen LogP contribution is -2.20. The van der Waals surface area contributed by atoms with Crippen LogP contribution >= 0.6 is 11.8 Å². The number of imidazole rings is 1. The Balaban J connectivity index is 2.51. The predicted octanol–water partition coefficient (Wildman–Crippen LogP) is 1.95. The van der Waals surface area contributed by atoms with E-state index in [1.54, 1.807) is 6.20 Å². The fourth-order valence-corrected chi connectivity index (χ4v) is 1.98. The number of thioether (sulfide) groups is 1. The predicted molar refractivity (Wildman–Crippen MR) is 62.3 cm³/mol. The molecule has 0 aromatic carbocycles. The van der Waals surface area contributed by atoms with Gasteiger partial charge in [0.25, 0.3) is 0 Å². The normalized spacial score (nSPS) is 14.4. The minimum Gasteiger partial charge on any atom is -0.337 e. The molecule has 0 fully saturated rings. The van der Waals surface area contributed by atoms with Crippen LogP contribution in [0.5, 0.6) is 0 Å². The molecule has 80 valence electrons. The van der Waals surface area contributed by atoms with E-state index in [9.17, 15) is 0 Å². The number of nitrogens with zero attached hydrogens (tertiary/aromatic N) is 2. The van der Waals surface area contributed by atoms with Gasteiger partial charge in [-0.3, -0.25) is 0 Å². The first-order chi connectivity index (χ1) is 6.40. The second-order valence-corrected chi connectivity index (χ2v) is 6.27. The van der Waals surface area contributed by atoms with Crippen molar-refractivity contribution in [1.29, 1.82) is 0 Å². The summed E-state index contributed by atoms with van der Waals surface area (Å²) in [6.45, 7) is 6.59. The number of hydrogen-bond donors (Lipinski definition) is 1. The molecular weight excluding hydrogens is 194 g/mol. The van der Waals surface area contributed by atoms with E-state index >= 15 is 0 Å². The van der Waals surface area contributed by atoms with Gasteiger partial charge >= 0.3 is 0 Å². The fraction of sp³-hybridized carbons (Fsp3) is 0.700. The molecule has 14 heavy (non-hydrogen) atoms. The summed E-state index contributed by atoms with van der Waals surface area (Å²) in [4.78, 5) is 4.24. The van der Waals surface area contributed by atoms with Gasteiger partial charge in [-0.15, -0.1) is 0 Å². The van der Waals surface area contributed by atoms with Gasteiger partial charge in [0.05, 0.1) is 6.04 Å². The molecule has 0 saturated carbocycles.